The van der Waals surface area contributed by atoms with Gasteiger partial charge < -0.3 is 23.8 Å². The summed E-state index contributed by atoms with van der Waals surface area (Å²) in [6.45, 7) is 3.90. The van der Waals surface area contributed by atoms with Gasteiger partial charge in [0, 0.05) is 10.5 Å². The molecule has 0 N–H and O–H groups in total. The topological polar surface area (TPSA) is 83.5 Å². The molecule has 2 aromatic carbocycles. The van der Waals surface area contributed by atoms with Crippen LogP contribution in [0, 0.1) is 0 Å². The van der Waals surface area contributed by atoms with Crippen LogP contribution in [0.3, 0.4) is 0 Å². The molecule has 0 heterocycles. The van der Waals surface area contributed by atoms with Crippen molar-refractivity contribution in [3.8, 4) is 17.2 Å². The molecule has 0 fully saturated rings. The fraction of sp³-hybridized carbons (Fsp3) is 0.364. The monoisotopic (exact) mass is 495 g/mol. The highest BCUT2D eigenvalue weighted by atomic mass is 79.9. The number of hydrogen-bond acceptors (Lipinski definition) is 8. The Hall–Kier alpha value is -2.78. The van der Waals surface area contributed by atoms with Gasteiger partial charge in [0.25, 0.3) is 0 Å². The quantitative estimate of drug-likeness (QED) is 0.341. The summed E-state index contributed by atoms with van der Waals surface area (Å²) in [5.41, 5.74) is 0.994. The van der Waals surface area contributed by atoms with E-state index in [1.165, 1.54) is 12.2 Å². The van der Waals surface area contributed by atoms with Crippen molar-refractivity contribution in [2.24, 2.45) is 0 Å². The lowest BCUT2D eigenvalue weighted by Gasteiger charge is -2.24. The fourth-order valence-electron chi connectivity index (χ4n) is 2.75. The van der Waals surface area contributed by atoms with Gasteiger partial charge >= 0.3 is 11.9 Å². The van der Waals surface area contributed by atoms with Crippen LogP contribution < -0.4 is 14.3 Å². The van der Waals surface area contributed by atoms with Crippen molar-refractivity contribution in [2.75, 3.05) is 34.0 Å². The molecular weight excluding hydrogens is 470 g/mol. The predicted octanol–water partition coefficient (Wildman–Crippen LogP) is 4.00. The predicted molar refractivity (Wildman–Crippen MR) is 117 cm³/mol. The van der Waals surface area contributed by atoms with E-state index in [2.05, 4.69) is 15.9 Å². The number of benzene rings is 2. The lowest BCUT2D eigenvalue weighted by atomic mass is 10.1. The number of nitrogens with zero attached hydrogens (tertiary/aromatic N) is 1. The van der Waals surface area contributed by atoms with Crippen molar-refractivity contribution in [2.45, 2.75) is 20.4 Å². The minimum atomic E-state index is -0.470. The average Bonchev–Trinajstić information content (AvgIpc) is 2.74. The number of halogens is 1. The number of carbonyl (C=O) groups is 2. The van der Waals surface area contributed by atoms with Gasteiger partial charge in [-0.25, -0.2) is 4.79 Å². The van der Waals surface area contributed by atoms with Crippen LogP contribution in [0.4, 0.5) is 0 Å². The van der Waals surface area contributed by atoms with Gasteiger partial charge in [-0.15, -0.1) is 5.06 Å². The Morgan fingerprint density at radius 2 is 1.68 bits per heavy atom. The van der Waals surface area contributed by atoms with Crippen molar-refractivity contribution in [3.63, 3.8) is 0 Å². The summed E-state index contributed by atoms with van der Waals surface area (Å²) >= 11 is 3.42. The number of ether oxygens (including phenoxy) is 4. The number of esters is 2. The third-order valence-electron chi connectivity index (χ3n) is 4.12. The highest BCUT2D eigenvalue weighted by molar-refractivity contribution is 9.10. The molecule has 31 heavy (non-hydrogen) atoms. The summed E-state index contributed by atoms with van der Waals surface area (Å²) < 4.78 is 21.6. The van der Waals surface area contributed by atoms with Gasteiger partial charge in [-0.1, -0.05) is 15.9 Å². The second-order valence-corrected chi connectivity index (χ2v) is 7.15. The van der Waals surface area contributed by atoms with Crippen LogP contribution in [0.5, 0.6) is 17.2 Å². The zero-order chi connectivity index (χ0) is 22.8. The molecule has 0 aliphatic rings. The van der Waals surface area contributed by atoms with Crippen molar-refractivity contribution in [1.29, 1.82) is 0 Å². The number of rotatable bonds is 11. The molecule has 0 unspecified atom stereocenters. The molecule has 0 aliphatic carbocycles. The second-order valence-electron chi connectivity index (χ2n) is 6.23. The Morgan fingerprint density at radius 3 is 2.32 bits per heavy atom. The Balaban J connectivity index is 2.36. The van der Waals surface area contributed by atoms with Crippen LogP contribution in [-0.2, 0) is 20.8 Å². The maximum atomic E-state index is 12.4. The molecule has 0 bridgehead atoms. The van der Waals surface area contributed by atoms with Gasteiger partial charge in [0.2, 0.25) is 0 Å². The van der Waals surface area contributed by atoms with E-state index in [9.17, 15) is 9.59 Å². The number of hydroxylamine groups is 2. The normalized spacial score (nSPS) is 10.5. The molecule has 0 saturated carbocycles. The lowest BCUT2D eigenvalue weighted by molar-refractivity contribution is -0.155. The third kappa shape index (κ3) is 7.15. The summed E-state index contributed by atoms with van der Waals surface area (Å²) in [4.78, 5) is 30.5. The number of methoxy groups -OCH3 is 2. The maximum Gasteiger partial charge on any atom is 0.338 e. The van der Waals surface area contributed by atoms with Gasteiger partial charge in [-0.2, -0.15) is 0 Å². The molecule has 0 spiro atoms. The van der Waals surface area contributed by atoms with Crippen LogP contribution >= 0.6 is 15.9 Å². The standard InChI is InChI=1S/C22H26BrNO7/c1-5-29-21(25)14-24(31-19-10-8-17(27-3)12-20(19)28-4)13-15-11-16(23)7-9-18(15)22(26)30-6-2/h7-12H,5-6,13-14H2,1-4H3. The average molecular weight is 496 g/mol. The zero-order valence-corrected chi connectivity index (χ0v) is 19.6. The summed E-state index contributed by atoms with van der Waals surface area (Å²) in [6.07, 6.45) is 0. The molecule has 168 valence electrons. The molecule has 0 amide bonds. The summed E-state index contributed by atoms with van der Waals surface area (Å²) in [6, 6.07) is 10.2. The number of hydrogen-bond donors (Lipinski definition) is 0. The highest BCUT2D eigenvalue weighted by Crippen LogP contribution is 2.32. The highest BCUT2D eigenvalue weighted by Gasteiger charge is 2.21. The van der Waals surface area contributed by atoms with Gasteiger partial charge in [-0.05, 0) is 49.7 Å². The van der Waals surface area contributed by atoms with Gasteiger partial charge in [-0.3, -0.25) is 4.79 Å². The Bertz CT molecular complexity index is 903. The summed E-state index contributed by atoms with van der Waals surface area (Å²) in [5.74, 6) is 0.469. The van der Waals surface area contributed by atoms with Crippen LogP contribution in [0.1, 0.15) is 29.8 Å². The smallest absolute Gasteiger partial charge is 0.338 e. The van der Waals surface area contributed by atoms with Crippen molar-refractivity contribution < 1.29 is 33.4 Å². The third-order valence-corrected chi connectivity index (χ3v) is 4.61. The molecule has 0 aliphatic heterocycles. The van der Waals surface area contributed by atoms with Gasteiger partial charge in [0.05, 0.1) is 39.5 Å². The molecule has 0 radical (unpaired) electrons. The second kappa shape index (κ2) is 12.2. The van der Waals surface area contributed by atoms with Gasteiger partial charge in [0.15, 0.2) is 11.5 Å². The molecule has 9 heteroatoms. The van der Waals surface area contributed by atoms with Crippen LogP contribution in [0.25, 0.3) is 0 Å². The molecule has 0 atom stereocenters. The largest absolute Gasteiger partial charge is 0.497 e. The zero-order valence-electron chi connectivity index (χ0n) is 18.0. The first-order valence-electron chi connectivity index (χ1n) is 9.67. The van der Waals surface area contributed by atoms with E-state index < -0.39 is 11.9 Å². The first kappa shape index (κ1) is 24.5. The molecule has 2 rings (SSSR count). The molecule has 0 aromatic heterocycles. The van der Waals surface area contributed by atoms with E-state index in [4.69, 9.17) is 23.8 Å². The Morgan fingerprint density at radius 1 is 0.935 bits per heavy atom. The molecule has 8 nitrogen and oxygen atoms in total. The summed E-state index contributed by atoms with van der Waals surface area (Å²) in [7, 11) is 3.05. The van der Waals surface area contributed by atoms with Crippen molar-refractivity contribution >= 4 is 27.9 Å². The lowest BCUT2D eigenvalue weighted by Crippen LogP contribution is -2.34. The van der Waals surface area contributed by atoms with Crippen molar-refractivity contribution in [1.82, 2.24) is 5.06 Å². The fourth-order valence-corrected chi connectivity index (χ4v) is 3.16. The molecule has 2 aromatic rings. The summed E-state index contributed by atoms with van der Waals surface area (Å²) in [5, 5.41) is 1.40. The van der Waals surface area contributed by atoms with E-state index in [0.29, 0.717) is 28.4 Å². The first-order chi connectivity index (χ1) is 14.9. The Labute approximate surface area is 190 Å². The minimum Gasteiger partial charge on any atom is -0.497 e. The van der Waals surface area contributed by atoms with E-state index in [-0.39, 0.29) is 26.3 Å². The molecular formula is C22H26BrNO7. The van der Waals surface area contributed by atoms with Crippen LogP contribution in [0.15, 0.2) is 40.9 Å². The maximum absolute atomic E-state index is 12.4. The Kier molecular flexibility index (Phi) is 9.61. The van der Waals surface area contributed by atoms with Gasteiger partial charge in [0.1, 0.15) is 12.3 Å². The van der Waals surface area contributed by atoms with E-state index >= 15 is 0 Å². The van der Waals surface area contributed by atoms with E-state index in [1.54, 1.807) is 57.4 Å². The first-order valence-corrected chi connectivity index (χ1v) is 10.5. The molecule has 0 saturated heterocycles. The minimum absolute atomic E-state index is 0.113. The van der Waals surface area contributed by atoms with Crippen molar-refractivity contribution in [3.05, 3.63) is 52.0 Å². The number of carbonyl (C=O) groups excluding carboxylic acids is 2. The van der Waals surface area contributed by atoms with E-state index in [1.807, 2.05) is 0 Å². The SMILES string of the molecule is CCOC(=O)CN(Cc1cc(Br)ccc1C(=O)OCC)Oc1ccc(OC)cc1OC. The van der Waals surface area contributed by atoms with E-state index in [0.717, 1.165) is 4.47 Å². The van der Waals surface area contributed by atoms with Crippen LogP contribution in [-0.4, -0.2) is 51.0 Å². The van der Waals surface area contributed by atoms with Crippen LogP contribution in [0.2, 0.25) is 0 Å².